The van der Waals surface area contributed by atoms with Crippen LogP contribution in [0.5, 0.6) is 0 Å². The summed E-state index contributed by atoms with van der Waals surface area (Å²) in [7, 11) is 1.60. The Labute approximate surface area is 136 Å². The number of carboxylic acids is 1. The van der Waals surface area contributed by atoms with E-state index in [1.165, 1.54) is 11.8 Å². The number of hydrogen-bond donors (Lipinski definition) is 2. The maximum Gasteiger partial charge on any atom is 0.316 e. The lowest BCUT2D eigenvalue weighted by atomic mass is 10.1. The third-order valence-electron chi connectivity index (χ3n) is 3.26. The van der Waals surface area contributed by atoms with E-state index in [9.17, 15) is 9.90 Å². The first-order valence-electron chi connectivity index (χ1n) is 7.26. The molecule has 22 heavy (non-hydrogen) atoms. The first kappa shape index (κ1) is 18.6. The van der Waals surface area contributed by atoms with E-state index in [0.717, 1.165) is 16.8 Å². The lowest BCUT2D eigenvalue weighted by Gasteiger charge is -2.22. The Kier molecular flexibility index (Phi) is 7.48. The number of anilines is 1. The van der Waals surface area contributed by atoms with Crippen LogP contribution in [0.15, 0.2) is 30.8 Å². The molecule has 4 nitrogen and oxygen atoms in total. The van der Waals surface area contributed by atoms with Crippen LogP contribution in [0.2, 0.25) is 0 Å². The highest BCUT2D eigenvalue weighted by molar-refractivity contribution is 8.01. The smallest absolute Gasteiger partial charge is 0.316 e. The molecule has 1 aromatic rings. The highest BCUT2D eigenvalue weighted by atomic mass is 32.2. The molecule has 0 aliphatic carbocycles. The summed E-state index contributed by atoms with van der Waals surface area (Å²) < 4.78 is 5.39. The van der Waals surface area contributed by atoms with Gasteiger partial charge in [-0.3, -0.25) is 4.79 Å². The summed E-state index contributed by atoms with van der Waals surface area (Å²) in [5.41, 5.74) is 2.89. The van der Waals surface area contributed by atoms with E-state index in [1.807, 2.05) is 45.0 Å². The Bertz CT molecular complexity index is 499. The van der Waals surface area contributed by atoms with Crippen molar-refractivity contribution in [2.75, 3.05) is 19.0 Å². The Balaban J connectivity index is 2.59. The number of benzene rings is 1. The van der Waals surface area contributed by atoms with Gasteiger partial charge in [0, 0.05) is 12.8 Å². The standard InChI is InChI=1S/C17H25NO3S/c1-11(2)13-6-8-14(9-7-13)18-10-15(21-5)22-16(12(3)4)17(19)20/h6-9,12,15-16,18H,1,10H2,2-5H3,(H,19,20). The maximum absolute atomic E-state index is 11.3. The second-order valence-electron chi connectivity index (χ2n) is 5.54. The molecule has 2 N–H and O–H groups in total. The molecule has 0 amide bonds. The topological polar surface area (TPSA) is 58.6 Å². The number of thioether (sulfide) groups is 1. The fourth-order valence-electron chi connectivity index (χ4n) is 1.92. The number of methoxy groups -OCH3 is 1. The Hall–Kier alpha value is -1.46. The van der Waals surface area contributed by atoms with Crippen molar-refractivity contribution in [2.45, 2.75) is 31.5 Å². The quantitative estimate of drug-likeness (QED) is 0.674. The van der Waals surface area contributed by atoms with Crippen LogP contribution >= 0.6 is 11.8 Å². The van der Waals surface area contributed by atoms with E-state index in [4.69, 9.17) is 4.74 Å². The van der Waals surface area contributed by atoms with Crippen molar-refractivity contribution in [3.05, 3.63) is 36.4 Å². The average Bonchev–Trinajstić information content (AvgIpc) is 2.47. The molecular weight excluding hydrogens is 298 g/mol. The number of allylic oxidation sites excluding steroid dienone is 1. The van der Waals surface area contributed by atoms with Crippen molar-refractivity contribution in [1.82, 2.24) is 0 Å². The second-order valence-corrected chi connectivity index (χ2v) is 6.85. The fourth-order valence-corrected chi connectivity index (χ4v) is 2.97. The van der Waals surface area contributed by atoms with Gasteiger partial charge in [0.2, 0.25) is 0 Å². The fraction of sp³-hybridized carbons (Fsp3) is 0.471. The summed E-state index contributed by atoms with van der Waals surface area (Å²) in [5.74, 6) is -0.747. The van der Waals surface area contributed by atoms with Gasteiger partial charge in [-0.15, -0.1) is 11.8 Å². The molecule has 1 rings (SSSR count). The van der Waals surface area contributed by atoms with Crippen LogP contribution in [-0.4, -0.2) is 35.4 Å². The van der Waals surface area contributed by atoms with Gasteiger partial charge in [0.15, 0.2) is 0 Å². The zero-order chi connectivity index (χ0) is 16.7. The minimum atomic E-state index is -0.798. The minimum Gasteiger partial charge on any atom is -0.480 e. The van der Waals surface area contributed by atoms with E-state index in [2.05, 4.69) is 11.9 Å². The van der Waals surface area contributed by atoms with Gasteiger partial charge in [-0.2, -0.15) is 0 Å². The van der Waals surface area contributed by atoms with Crippen LogP contribution in [0.4, 0.5) is 5.69 Å². The summed E-state index contributed by atoms with van der Waals surface area (Å²) in [6.45, 7) is 10.2. The van der Waals surface area contributed by atoms with E-state index in [1.54, 1.807) is 7.11 Å². The molecule has 0 heterocycles. The Morgan fingerprint density at radius 2 is 1.95 bits per heavy atom. The third-order valence-corrected chi connectivity index (χ3v) is 4.96. The van der Waals surface area contributed by atoms with Crippen molar-refractivity contribution in [3.8, 4) is 0 Å². The summed E-state index contributed by atoms with van der Waals surface area (Å²) in [6, 6.07) is 7.98. The predicted octanol–water partition coefficient (Wildman–Crippen LogP) is 3.95. The Morgan fingerprint density at radius 3 is 2.36 bits per heavy atom. The van der Waals surface area contributed by atoms with Crippen molar-refractivity contribution >= 4 is 29.0 Å². The van der Waals surface area contributed by atoms with Gasteiger partial charge in [-0.1, -0.05) is 38.1 Å². The zero-order valence-electron chi connectivity index (χ0n) is 13.6. The molecule has 0 aromatic heterocycles. The first-order chi connectivity index (χ1) is 10.3. The predicted molar refractivity (Wildman–Crippen MR) is 94.3 cm³/mol. The zero-order valence-corrected chi connectivity index (χ0v) is 14.4. The highest BCUT2D eigenvalue weighted by Gasteiger charge is 2.26. The normalized spacial score (nSPS) is 13.7. The number of carbonyl (C=O) groups is 1. The lowest BCUT2D eigenvalue weighted by molar-refractivity contribution is -0.137. The molecular formula is C17H25NO3S. The first-order valence-corrected chi connectivity index (χ1v) is 8.20. The number of rotatable bonds is 9. The minimum absolute atomic E-state index is 0.0509. The number of carboxylic acid groups (broad SMARTS) is 1. The summed E-state index contributed by atoms with van der Waals surface area (Å²) in [4.78, 5) is 11.3. The number of hydrogen-bond acceptors (Lipinski definition) is 4. The van der Waals surface area contributed by atoms with E-state index in [0.29, 0.717) is 6.54 Å². The van der Waals surface area contributed by atoms with Gasteiger partial charge >= 0.3 is 5.97 Å². The maximum atomic E-state index is 11.3. The number of ether oxygens (including phenoxy) is 1. The molecule has 122 valence electrons. The van der Waals surface area contributed by atoms with Crippen molar-refractivity contribution in [3.63, 3.8) is 0 Å². The summed E-state index contributed by atoms with van der Waals surface area (Å²) in [6.07, 6.45) is 0. The largest absolute Gasteiger partial charge is 0.480 e. The number of aliphatic carboxylic acids is 1. The monoisotopic (exact) mass is 323 g/mol. The molecule has 0 spiro atoms. The van der Waals surface area contributed by atoms with Crippen LogP contribution in [0.1, 0.15) is 26.3 Å². The molecule has 0 saturated heterocycles. The highest BCUT2D eigenvalue weighted by Crippen LogP contribution is 2.25. The molecule has 0 bridgehead atoms. The van der Waals surface area contributed by atoms with Crippen LogP contribution in [0.25, 0.3) is 5.57 Å². The van der Waals surface area contributed by atoms with Gasteiger partial charge in [0.05, 0.1) is 6.54 Å². The van der Waals surface area contributed by atoms with Crippen molar-refractivity contribution < 1.29 is 14.6 Å². The SMILES string of the molecule is C=C(C)c1ccc(NCC(OC)SC(C(=O)O)C(C)C)cc1. The van der Waals surface area contributed by atoms with E-state index < -0.39 is 11.2 Å². The van der Waals surface area contributed by atoms with Crippen molar-refractivity contribution in [1.29, 1.82) is 0 Å². The Morgan fingerprint density at radius 1 is 1.36 bits per heavy atom. The molecule has 5 heteroatoms. The molecule has 0 saturated carbocycles. The molecule has 2 unspecified atom stereocenters. The number of nitrogens with one attached hydrogen (secondary N) is 1. The molecule has 2 atom stereocenters. The van der Waals surface area contributed by atoms with Gasteiger partial charge in [-0.25, -0.2) is 0 Å². The second kappa shape index (κ2) is 8.86. The van der Waals surface area contributed by atoms with Crippen molar-refractivity contribution in [2.24, 2.45) is 5.92 Å². The molecule has 0 fully saturated rings. The van der Waals surface area contributed by atoms with Crippen LogP contribution < -0.4 is 5.32 Å². The summed E-state index contributed by atoms with van der Waals surface area (Å²) in [5, 5.41) is 12.1. The van der Waals surface area contributed by atoms with Gasteiger partial charge in [0.25, 0.3) is 0 Å². The molecule has 1 aromatic carbocycles. The summed E-state index contributed by atoms with van der Waals surface area (Å²) >= 11 is 1.33. The van der Waals surface area contributed by atoms with E-state index >= 15 is 0 Å². The van der Waals surface area contributed by atoms with Crippen LogP contribution in [0.3, 0.4) is 0 Å². The third kappa shape index (κ3) is 5.73. The van der Waals surface area contributed by atoms with Gasteiger partial charge in [-0.05, 0) is 30.5 Å². The van der Waals surface area contributed by atoms with Crippen LogP contribution in [0, 0.1) is 5.92 Å². The molecule has 0 aliphatic heterocycles. The lowest BCUT2D eigenvalue weighted by Crippen LogP contribution is -2.29. The van der Waals surface area contributed by atoms with Gasteiger partial charge in [0.1, 0.15) is 10.7 Å². The molecule has 0 radical (unpaired) electrons. The molecule has 0 aliphatic rings. The van der Waals surface area contributed by atoms with Crippen LogP contribution in [-0.2, 0) is 9.53 Å². The average molecular weight is 323 g/mol. The van der Waals surface area contributed by atoms with Gasteiger partial charge < -0.3 is 15.2 Å². The van der Waals surface area contributed by atoms with E-state index in [-0.39, 0.29) is 11.4 Å².